The summed E-state index contributed by atoms with van der Waals surface area (Å²) < 4.78 is 13.2. The minimum absolute atomic E-state index is 0.0412. The van der Waals surface area contributed by atoms with Gasteiger partial charge in [-0.05, 0) is 32.3 Å². The lowest BCUT2D eigenvalue weighted by atomic mass is 9.84. The molecule has 3 rings (SSSR count). The number of halogens is 1. The summed E-state index contributed by atoms with van der Waals surface area (Å²) in [6, 6.07) is 6.24. The monoisotopic (exact) mass is 363 g/mol. The van der Waals surface area contributed by atoms with E-state index >= 15 is 0 Å². The molecule has 1 aromatic carbocycles. The van der Waals surface area contributed by atoms with Crippen LogP contribution in [0.4, 0.5) is 4.39 Å². The highest BCUT2D eigenvalue weighted by molar-refractivity contribution is 8.16. The number of aliphatic imine (C=N–C) groups is 1. The van der Waals surface area contributed by atoms with Gasteiger partial charge in [0, 0.05) is 25.6 Å². The first-order valence-electron chi connectivity index (χ1n) is 8.38. The zero-order valence-corrected chi connectivity index (χ0v) is 15.4. The van der Waals surface area contributed by atoms with Crippen LogP contribution < -0.4 is 5.32 Å². The van der Waals surface area contributed by atoms with E-state index in [0.717, 1.165) is 6.42 Å². The number of nitrogens with zero attached hydrogens (tertiary/aromatic N) is 2. The predicted molar refractivity (Wildman–Crippen MR) is 96.7 cm³/mol. The number of hydrogen-bond acceptors (Lipinski definition) is 4. The molecular formula is C18H22FN3O2S. The third kappa shape index (κ3) is 3.42. The summed E-state index contributed by atoms with van der Waals surface area (Å²) in [5, 5.41) is 3.63. The summed E-state index contributed by atoms with van der Waals surface area (Å²) in [6.07, 6.45) is 1.14. The van der Waals surface area contributed by atoms with E-state index in [4.69, 9.17) is 0 Å². The minimum Gasteiger partial charge on any atom is -0.358 e. The normalized spacial score (nSPS) is 28.1. The molecule has 0 bridgehead atoms. The van der Waals surface area contributed by atoms with Gasteiger partial charge in [0.05, 0.1) is 6.04 Å². The molecule has 2 aliphatic rings. The largest absolute Gasteiger partial charge is 0.358 e. The van der Waals surface area contributed by atoms with Crippen molar-refractivity contribution < 1.29 is 14.0 Å². The first-order valence-corrected chi connectivity index (χ1v) is 9.20. The smallest absolute Gasteiger partial charge is 0.264 e. The molecule has 0 aromatic heterocycles. The van der Waals surface area contributed by atoms with Crippen molar-refractivity contribution in [2.75, 3.05) is 13.6 Å². The van der Waals surface area contributed by atoms with Crippen molar-refractivity contribution in [2.45, 2.75) is 37.5 Å². The Kier molecular flexibility index (Phi) is 4.86. The van der Waals surface area contributed by atoms with Gasteiger partial charge in [0.15, 0.2) is 5.17 Å². The third-order valence-corrected chi connectivity index (χ3v) is 6.42. The van der Waals surface area contributed by atoms with Crippen LogP contribution in [0.2, 0.25) is 0 Å². The van der Waals surface area contributed by atoms with Crippen LogP contribution in [0.25, 0.3) is 0 Å². The van der Waals surface area contributed by atoms with Crippen LogP contribution in [0.15, 0.2) is 29.3 Å². The summed E-state index contributed by atoms with van der Waals surface area (Å²) >= 11 is 1.36. The molecule has 1 aromatic rings. The first-order chi connectivity index (χ1) is 11.8. The number of nitrogens with one attached hydrogen (secondary N) is 1. The number of amides is 2. The van der Waals surface area contributed by atoms with Crippen LogP contribution in [0.5, 0.6) is 0 Å². The summed E-state index contributed by atoms with van der Waals surface area (Å²) in [6.45, 7) is 4.34. The average molecular weight is 363 g/mol. The van der Waals surface area contributed by atoms with E-state index in [1.807, 2.05) is 13.8 Å². The molecular weight excluding hydrogens is 341 g/mol. The van der Waals surface area contributed by atoms with Crippen molar-refractivity contribution in [1.29, 1.82) is 0 Å². The Bertz CT molecular complexity index is 739. The highest BCUT2D eigenvalue weighted by Crippen LogP contribution is 2.44. The lowest BCUT2D eigenvalue weighted by Crippen LogP contribution is -2.46. The second-order valence-corrected chi connectivity index (χ2v) is 8.26. The number of carbonyl (C=O) groups is 2. The zero-order chi connectivity index (χ0) is 18.2. The van der Waals surface area contributed by atoms with E-state index in [0.29, 0.717) is 23.7 Å². The standard InChI is InChI=1S/C18H22FN3O2S/c1-11(13-6-4-5-7-14(13)19)20-17-21-16(24)18(2,25-17)12-8-9-22(3)15(23)10-12/h4-7,11-12H,8-10H2,1-3H3,(H,20,21,24)/t11-,12?,18?/m0/s1. The summed E-state index contributed by atoms with van der Waals surface area (Å²) in [7, 11) is 1.78. The molecule has 0 saturated carbocycles. The van der Waals surface area contributed by atoms with Gasteiger partial charge in [0.25, 0.3) is 5.91 Å². The van der Waals surface area contributed by atoms with Gasteiger partial charge in [-0.3, -0.25) is 9.59 Å². The molecule has 0 aliphatic carbocycles. The number of amidine groups is 1. The Morgan fingerprint density at radius 3 is 2.80 bits per heavy atom. The number of likely N-dealkylation sites (tertiary alicyclic amines) is 1. The summed E-state index contributed by atoms with van der Waals surface area (Å²) in [5.41, 5.74) is 0.529. The van der Waals surface area contributed by atoms with Gasteiger partial charge >= 0.3 is 0 Å². The van der Waals surface area contributed by atoms with Crippen LogP contribution in [0.1, 0.15) is 38.3 Å². The number of hydrogen-bond donors (Lipinski definition) is 1. The quantitative estimate of drug-likeness (QED) is 0.897. The Morgan fingerprint density at radius 1 is 1.40 bits per heavy atom. The second-order valence-electron chi connectivity index (χ2n) is 6.82. The van der Waals surface area contributed by atoms with Gasteiger partial charge in [-0.2, -0.15) is 4.99 Å². The second kappa shape index (κ2) is 6.78. The van der Waals surface area contributed by atoms with E-state index < -0.39 is 4.75 Å². The van der Waals surface area contributed by atoms with Crippen LogP contribution >= 0.6 is 11.8 Å². The molecule has 1 N–H and O–H groups in total. The maximum Gasteiger partial charge on any atom is 0.264 e. The molecule has 2 unspecified atom stereocenters. The Morgan fingerprint density at radius 2 is 2.12 bits per heavy atom. The molecule has 0 radical (unpaired) electrons. The molecule has 2 heterocycles. The molecule has 7 heteroatoms. The fourth-order valence-corrected chi connectivity index (χ4v) is 4.56. The molecule has 5 nitrogen and oxygen atoms in total. The van der Waals surface area contributed by atoms with Crippen molar-refractivity contribution in [2.24, 2.45) is 10.9 Å². The van der Waals surface area contributed by atoms with Crippen molar-refractivity contribution in [3.05, 3.63) is 35.6 Å². The SMILES string of the molecule is C[C@H](NC1=NC(=O)C(C)(C2CCN(C)C(=O)C2)S1)c1ccccc1F. The van der Waals surface area contributed by atoms with E-state index in [2.05, 4.69) is 10.3 Å². The Hall–Kier alpha value is -1.89. The van der Waals surface area contributed by atoms with Gasteiger partial charge < -0.3 is 10.2 Å². The highest BCUT2D eigenvalue weighted by Gasteiger charge is 2.49. The van der Waals surface area contributed by atoms with Gasteiger partial charge in [0.2, 0.25) is 5.91 Å². The van der Waals surface area contributed by atoms with Crippen LogP contribution in [-0.2, 0) is 9.59 Å². The third-order valence-electron chi connectivity index (χ3n) is 5.09. The number of rotatable bonds is 3. The van der Waals surface area contributed by atoms with Gasteiger partial charge in [-0.1, -0.05) is 30.0 Å². The lowest BCUT2D eigenvalue weighted by molar-refractivity contribution is -0.134. The Labute approximate surface area is 151 Å². The fourth-order valence-electron chi connectivity index (χ4n) is 3.29. The van der Waals surface area contributed by atoms with Gasteiger partial charge in [-0.25, -0.2) is 4.39 Å². The average Bonchev–Trinajstić information content (AvgIpc) is 2.85. The van der Waals surface area contributed by atoms with Crippen molar-refractivity contribution >= 4 is 28.7 Å². The van der Waals surface area contributed by atoms with Gasteiger partial charge in [-0.15, -0.1) is 0 Å². The van der Waals surface area contributed by atoms with Gasteiger partial charge in [0.1, 0.15) is 10.6 Å². The van der Waals surface area contributed by atoms with Crippen LogP contribution in [-0.4, -0.2) is 40.2 Å². The number of piperidine rings is 1. The van der Waals surface area contributed by atoms with E-state index in [1.54, 1.807) is 30.1 Å². The van der Waals surface area contributed by atoms with Crippen molar-refractivity contribution in [3.63, 3.8) is 0 Å². The maximum atomic E-state index is 13.9. The molecule has 2 aliphatic heterocycles. The van der Waals surface area contributed by atoms with Crippen molar-refractivity contribution in [1.82, 2.24) is 10.2 Å². The molecule has 0 spiro atoms. The first kappa shape index (κ1) is 17.9. The minimum atomic E-state index is -0.742. The fraction of sp³-hybridized carbons (Fsp3) is 0.500. The lowest BCUT2D eigenvalue weighted by Gasteiger charge is -2.36. The summed E-state index contributed by atoms with van der Waals surface area (Å²) in [4.78, 5) is 30.4. The van der Waals surface area contributed by atoms with Crippen molar-refractivity contribution in [3.8, 4) is 0 Å². The van der Waals surface area contributed by atoms with E-state index in [9.17, 15) is 14.0 Å². The summed E-state index contributed by atoms with van der Waals surface area (Å²) in [5.74, 6) is -0.489. The number of carbonyl (C=O) groups excluding carboxylic acids is 2. The van der Waals surface area contributed by atoms with Crippen LogP contribution in [0, 0.1) is 11.7 Å². The maximum absolute atomic E-state index is 13.9. The number of thioether (sulfide) groups is 1. The molecule has 3 atom stereocenters. The van der Waals surface area contributed by atoms with Crippen LogP contribution in [0.3, 0.4) is 0 Å². The molecule has 134 valence electrons. The molecule has 1 fully saturated rings. The van der Waals surface area contributed by atoms with E-state index in [1.165, 1.54) is 17.8 Å². The zero-order valence-electron chi connectivity index (χ0n) is 14.6. The topological polar surface area (TPSA) is 61.8 Å². The highest BCUT2D eigenvalue weighted by atomic mass is 32.2. The molecule has 25 heavy (non-hydrogen) atoms. The number of benzene rings is 1. The van der Waals surface area contributed by atoms with E-state index in [-0.39, 0.29) is 29.6 Å². The predicted octanol–water partition coefficient (Wildman–Crippen LogP) is 2.73. The Balaban J connectivity index is 1.70. The molecule has 2 amide bonds. The molecule has 1 saturated heterocycles.